The second-order valence-corrected chi connectivity index (χ2v) is 7.27. The Morgan fingerprint density at radius 1 is 1.45 bits per heavy atom. The first-order valence-electron chi connectivity index (χ1n) is 6.66. The van der Waals surface area contributed by atoms with Gasteiger partial charge in [0.05, 0.1) is 15.8 Å². The smallest absolute Gasteiger partial charge is 0.244 e. The van der Waals surface area contributed by atoms with E-state index in [-0.39, 0.29) is 5.91 Å². The lowest BCUT2D eigenvalue weighted by atomic mass is 9.98. The van der Waals surface area contributed by atoms with E-state index in [1.807, 2.05) is 24.5 Å². The number of rotatable bonds is 3. The fourth-order valence-corrected chi connectivity index (χ4v) is 4.09. The molecule has 0 bridgehead atoms. The fourth-order valence-electron chi connectivity index (χ4n) is 2.56. The molecule has 106 valence electrons. The molecule has 1 amide bonds. The van der Waals surface area contributed by atoms with Crippen LogP contribution in [0.5, 0.6) is 0 Å². The molecule has 2 aromatic rings. The summed E-state index contributed by atoms with van der Waals surface area (Å²) in [6.07, 6.45) is 5.64. The summed E-state index contributed by atoms with van der Waals surface area (Å²) in [4.78, 5) is 16.8. The third-order valence-corrected chi connectivity index (χ3v) is 5.75. The van der Waals surface area contributed by atoms with Crippen molar-refractivity contribution in [3.8, 4) is 0 Å². The zero-order valence-corrected chi connectivity index (χ0v) is 12.9. The Kier molecular flexibility index (Phi) is 3.70. The molecule has 1 saturated carbocycles. The van der Waals surface area contributed by atoms with Crippen LogP contribution in [0.3, 0.4) is 0 Å². The predicted molar refractivity (Wildman–Crippen MR) is 85.4 cm³/mol. The van der Waals surface area contributed by atoms with E-state index in [9.17, 15) is 4.79 Å². The van der Waals surface area contributed by atoms with Crippen molar-refractivity contribution in [1.29, 1.82) is 0 Å². The largest absolute Gasteiger partial charge is 0.324 e. The number of anilines is 1. The first-order valence-corrected chi connectivity index (χ1v) is 8.70. The zero-order valence-electron chi connectivity index (χ0n) is 11.3. The number of aromatic nitrogens is 1. The molecule has 1 aliphatic rings. The lowest BCUT2D eigenvalue weighted by molar-refractivity contribution is -0.121. The van der Waals surface area contributed by atoms with Crippen LogP contribution in [0.25, 0.3) is 10.2 Å². The number of hydrogen-bond donors (Lipinski definition) is 2. The topological polar surface area (TPSA) is 68.0 Å². The number of nitrogens with one attached hydrogen (secondary N) is 1. The van der Waals surface area contributed by atoms with Gasteiger partial charge in [0.15, 0.2) is 4.34 Å². The summed E-state index contributed by atoms with van der Waals surface area (Å²) in [6.45, 7) is 0. The van der Waals surface area contributed by atoms with Gasteiger partial charge in [0.25, 0.3) is 0 Å². The molecule has 0 aliphatic heterocycles. The molecule has 0 unspecified atom stereocenters. The monoisotopic (exact) mass is 307 g/mol. The van der Waals surface area contributed by atoms with Crippen molar-refractivity contribution >= 4 is 44.9 Å². The van der Waals surface area contributed by atoms with E-state index in [0.717, 1.165) is 45.9 Å². The van der Waals surface area contributed by atoms with E-state index in [4.69, 9.17) is 5.73 Å². The first-order chi connectivity index (χ1) is 9.60. The van der Waals surface area contributed by atoms with Crippen molar-refractivity contribution in [2.45, 2.75) is 35.6 Å². The first kappa shape index (κ1) is 13.9. The summed E-state index contributed by atoms with van der Waals surface area (Å²) in [6, 6.07) is 5.81. The standard InChI is InChI=1S/C14H17N3OS2/c1-19-13-17-10-5-4-9(8-11(10)20-13)16-12(18)14(15)6-2-3-7-14/h4-5,8H,2-3,6-7,15H2,1H3,(H,16,18). The Morgan fingerprint density at radius 3 is 2.90 bits per heavy atom. The van der Waals surface area contributed by atoms with Gasteiger partial charge < -0.3 is 11.1 Å². The molecule has 1 heterocycles. The van der Waals surface area contributed by atoms with Crippen molar-refractivity contribution in [3.05, 3.63) is 18.2 Å². The number of thioether (sulfide) groups is 1. The van der Waals surface area contributed by atoms with Crippen molar-refractivity contribution < 1.29 is 4.79 Å². The van der Waals surface area contributed by atoms with Crippen LogP contribution in [0.2, 0.25) is 0 Å². The molecule has 4 nitrogen and oxygen atoms in total. The third-order valence-electron chi connectivity index (χ3n) is 3.75. The third kappa shape index (κ3) is 2.55. The molecule has 0 atom stereocenters. The number of carbonyl (C=O) groups excluding carboxylic acids is 1. The summed E-state index contributed by atoms with van der Waals surface area (Å²) < 4.78 is 2.12. The molecule has 20 heavy (non-hydrogen) atoms. The lowest BCUT2D eigenvalue weighted by Gasteiger charge is -2.22. The highest BCUT2D eigenvalue weighted by Gasteiger charge is 2.36. The molecular formula is C14H17N3OS2. The average Bonchev–Trinajstić information content (AvgIpc) is 3.05. The van der Waals surface area contributed by atoms with Gasteiger partial charge in [0, 0.05) is 5.69 Å². The highest BCUT2D eigenvalue weighted by atomic mass is 32.2. The van der Waals surface area contributed by atoms with Gasteiger partial charge in [-0.1, -0.05) is 24.6 Å². The fraction of sp³-hybridized carbons (Fsp3) is 0.429. The summed E-state index contributed by atoms with van der Waals surface area (Å²) >= 11 is 3.27. The van der Waals surface area contributed by atoms with E-state index in [1.165, 1.54) is 0 Å². The number of carbonyl (C=O) groups is 1. The van der Waals surface area contributed by atoms with Crippen molar-refractivity contribution in [2.24, 2.45) is 5.73 Å². The van der Waals surface area contributed by atoms with E-state index >= 15 is 0 Å². The number of nitrogens with zero attached hydrogens (tertiary/aromatic N) is 1. The van der Waals surface area contributed by atoms with Crippen LogP contribution in [0.15, 0.2) is 22.5 Å². The molecule has 6 heteroatoms. The summed E-state index contributed by atoms with van der Waals surface area (Å²) in [7, 11) is 0. The molecule has 0 spiro atoms. The normalized spacial score (nSPS) is 17.5. The number of nitrogens with two attached hydrogens (primary N) is 1. The maximum absolute atomic E-state index is 12.3. The van der Waals surface area contributed by atoms with Crippen LogP contribution >= 0.6 is 23.1 Å². The van der Waals surface area contributed by atoms with E-state index < -0.39 is 5.54 Å². The number of hydrogen-bond acceptors (Lipinski definition) is 5. The Balaban J connectivity index is 1.81. The Labute approximate surface area is 126 Å². The van der Waals surface area contributed by atoms with Crippen LogP contribution in [0.4, 0.5) is 5.69 Å². The summed E-state index contributed by atoms with van der Waals surface area (Å²) in [5, 5.41) is 2.95. The van der Waals surface area contributed by atoms with Crippen LogP contribution in [-0.2, 0) is 4.79 Å². The molecule has 3 N–H and O–H groups in total. The van der Waals surface area contributed by atoms with Crippen LogP contribution in [0, 0.1) is 0 Å². The van der Waals surface area contributed by atoms with Gasteiger partial charge >= 0.3 is 0 Å². The molecule has 1 aromatic carbocycles. The van der Waals surface area contributed by atoms with Crippen molar-refractivity contribution in [2.75, 3.05) is 11.6 Å². The maximum Gasteiger partial charge on any atom is 0.244 e. The Bertz CT molecular complexity index is 647. The second-order valence-electron chi connectivity index (χ2n) is 5.18. The highest BCUT2D eigenvalue weighted by molar-refractivity contribution is 8.00. The van der Waals surface area contributed by atoms with Gasteiger partial charge in [-0.15, -0.1) is 11.3 Å². The predicted octanol–water partition coefficient (Wildman–Crippen LogP) is 3.23. The number of thiazole rings is 1. The quantitative estimate of drug-likeness (QED) is 0.854. The minimum atomic E-state index is -0.687. The van der Waals surface area contributed by atoms with E-state index in [2.05, 4.69) is 10.3 Å². The van der Waals surface area contributed by atoms with Crippen molar-refractivity contribution in [3.63, 3.8) is 0 Å². The van der Waals surface area contributed by atoms with E-state index in [0.29, 0.717) is 0 Å². The number of fused-ring (bicyclic) bond motifs is 1. The molecule has 1 fully saturated rings. The minimum Gasteiger partial charge on any atom is -0.324 e. The molecular weight excluding hydrogens is 290 g/mol. The van der Waals surface area contributed by atoms with Gasteiger partial charge in [-0.3, -0.25) is 4.79 Å². The van der Waals surface area contributed by atoms with Gasteiger partial charge in [-0.2, -0.15) is 0 Å². The highest BCUT2D eigenvalue weighted by Crippen LogP contribution is 2.31. The Morgan fingerprint density at radius 2 is 2.20 bits per heavy atom. The average molecular weight is 307 g/mol. The van der Waals surface area contributed by atoms with Gasteiger partial charge in [-0.05, 0) is 37.3 Å². The van der Waals surface area contributed by atoms with Crippen LogP contribution in [0.1, 0.15) is 25.7 Å². The van der Waals surface area contributed by atoms with Crippen LogP contribution < -0.4 is 11.1 Å². The van der Waals surface area contributed by atoms with Gasteiger partial charge in [0.1, 0.15) is 0 Å². The van der Waals surface area contributed by atoms with Crippen molar-refractivity contribution in [1.82, 2.24) is 4.98 Å². The minimum absolute atomic E-state index is 0.0658. The molecule has 0 radical (unpaired) electrons. The van der Waals surface area contributed by atoms with Gasteiger partial charge in [-0.25, -0.2) is 4.98 Å². The lowest BCUT2D eigenvalue weighted by Crippen LogP contribution is -2.48. The molecule has 0 saturated heterocycles. The van der Waals surface area contributed by atoms with Crippen LogP contribution in [-0.4, -0.2) is 22.7 Å². The molecule has 1 aromatic heterocycles. The SMILES string of the molecule is CSc1nc2ccc(NC(=O)C3(N)CCCC3)cc2s1. The molecule has 3 rings (SSSR count). The zero-order chi connectivity index (χ0) is 14.2. The summed E-state index contributed by atoms with van der Waals surface area (Å²) in [5.41, 5.74) is 7.25. The van der Waals surface area contributed by atoms with E-state index in [1.54, 1.807) is 23.1 Å². The Hall–Kier alpha value is -1.11. The second kappa shape index (κ2) is 5.35. The number of amides is 1. The summed E-state index contributed by atoms with van der Waals surface area (Å²) in [5.74, 6) is -0.0658. The number of benzene rings is 1. The van der Waals surface area contributed by atoms with Gasteiger partial charge in [0.2, 0.25) is 5.91 Å². The molecule has 1 aliphatic carbocycles. The maximum atomic E-state index is 12.3.